The number of hydrogen-bond acceptors (Lipinski definition) is 3. The van der Waals surface area contributed by atoms with Crippen LogP contribution in [0.4, 0.5) is 0 Å². The highest BCUT2D eigenvalue weighted by molar-refractivity contribution is 8.03. The average molecular weight is 198 g/mol. The SMILES string of the molecule is CCC(C)OP(=O)(O)CSC. The second-order valence-corrected chi connectivity index (χ2v) is 5.48. The molecule has 5 heteroatoms. The smallest absolute Gasteiger partial charge is 0.324 e. The first-order valence-corrected chi connectivity index (χ1v) is 6.66. The molecule has 0 spiro atoms. The minimum atomic E-state index is -3.30. The van der Waals surface area contributed by atoms with Crippen molar-refractivity contribution in [3.05, 3.63) is 0 Å². The Morgan fingerprint density at radius 1 is 1.73 bits per heavy atom. The molecule has 0 saturated heterocycles. The average Bonchev–Trinajstić information content (AvgIpc) is 1.86. The lowest BCUT2D eigenvalue weighted by atomic mass is 10.3. The van der Waals surface area contributed by atoms with Crippen molar-refractivity contribution in [2.45, 2.75) is 26.4 Å². The number of thioether (sulfide) groups is 1. The molecule has 0 aliphatic heterocycles. The van der Waals surface area contributed by atoms with E-state index in [4.69, 9.17) is 9.42 Å². The van der Waals surface area contributed by atoms with E-state index in [-0.39, 0.29) is 11.6 Å². The zero-order chi connectivity index (χ0) is 8.91. The van der Waals surface area contributed by atoms with Gasteiger partial charge in [0.15, 0.2) is 0 Å². The molecule has 68 valence electrons. The summed E-state index contributed by atoms with van der Waals surface area (Å²) in [7, 11) is -3.30. The predicted octanol–water partition coefficient (Wildman–Crippen LogP) is 2.31. The van der Waals surface area contributed by atoms with Crippen molar-refractivity contribution in [1.82, 2.24) is 0 Å². The monoisotopic (exact) mass is 198 g/mol. The molecule has 11 heavy (non-hydrogen) atoms. The van der Waals surface area contributed by atoms with Crippen molar-refractivity contribution in [3.63, 3.8) is 0 Å². The van der Waals surface area contributed by atoms with Gasteiger partial charge in [0.1, 0.15) is 0 Å². The summed E-state index contributed by atoms with van der Waals surface area (Å²) in [5.41, 5.74) is 0.178. The van der Waals surface area contributed by atoms with Crippen LogP contribution in [-0.2, 0) is 9.09 Å². The Morgan fingerprint density at radius 3 is 2.64 bits per heavy atom. The van der Waals surface area contributed by atoms with Crippen molar-refractivity contribution >= 4 is 19.4 Å². The van der Waals surface area contributed by atoms with Crippen molar-refractivity contribution in [2.75, 3.05) is 11.7 Å². The van der Waals surface area contributed by atoms with E-state index in [1.54, 1.807) is 13.2 Å². The van der Waals surface area contributed by atoms with E-state index in [1.807, 2.05) is 6.92 Å². The van der Waals surface area contributed by atoms with Crippen molar-refractivity contribution in [3.8, 4) is 0 Å². The molecule has 0 bridgehead atoms. The van der Waals surface area contributed by atoms with Gasteiger partial charge in [-0.1, -0.05) is 6.92 Å². The summed E-state index contributed by atoms with van der Waals surface area (Å²) in [6.45, 7) is 3.72. The van der Waals surface area contributed by atoms with Gasteiger partial charge in [0, 0.05) is 0 Å². The molecular weight excluding hydrogens is 183 g/mol. The Labute approximate surface area is 72.1 Å². The fourth-order valence-corrected chi connectivity index (χ4v) is 2.81. The largest absolute Gasteiger partial charge is 0.338 e. The lowest BCUT2D eigenvalue weighted by Gasteiger charge is -2.15. The van der Waals surface area contributed by atoms with E-state index in [1.165, 1.54) is 11.8 Å². The topological polar surface area (TPSA) is 46.5 Å². The maximum absolute atomic E-state index is 11.1. The van der Waals surface area contributed by atoms with Crippen LogP contribution in [0.3, 0.4) is 0 Å². The normalized spacial score (nSPS) is 19.3. The molecule has 0 radical (unpaired) electrons. The van der Waals surface area contributed by atoms with Gasteiger partial charge in [0.25, 0.3) is 0 Å². The van der Waals surface area contributed by atoms with Gasteiger partial charge in [-0.25, -0.2) is 0 Å². The molecule has 0 aromatic rings. The van der Waals surface area contributed by atoms with Crippen LogP contribution in [0.15, 0.2) is 0 Å². The quantitative estimate of drug-likeness (QED) is 0.688. The first kappa shape index (κ1) is 11.5. The van der Waals surface area contributed by atoms with Crippen molar-refractivity contribution < 1.29 is 14.0 Å². The summed E-state index contributed by atoms with van der Waals surface area (Å²) in [4.78, 5) is 9.13. The summed E-state index contributed by atoms with van der Waals surface area (Å²) >= 11 is 1.32. The fraction of sp³-hybridized carbons (Fsp3) is 1.00. The molecular formula is C6H15O3PS. The second kappa shape index (κ2) is 5.20. The van der Waals surface area contributed by atoms with Crippen LogP contribution in [0.2, 0.25) is 0 Å². The molecule has 0 aliphatic carbocycles. The Kier molecular flexibility index (Phi) is 5.44. The van der Waals surface area contributed by atoms with Crippen LogP contribution in [0.1, 0.15) is 20.3 Å². The molecule has 0 aromatic heterocycles. The van der Waals surface area contributed by atoms with Gasteiger partial charge in [0.05, 0.1) is 11.6 Å². The summed E-state index contributed by atoms with van der Waals surface area (Å²) in [6.07, 6.45) is 2.42. The summed E-state index contributed by atoms with van der Waals surface area (Å²) < 4.78 is 16.0. The van der Waals surface area contributed by atoms with Crippen LogP contribution < -0.4 is 0 Å². The van der Waals surface area contributed by atoms with E-state index < -0.39 is 7.60 Å². The number of hydrogen-bond donors (Lipinski definition) is 1. The van der Waals surface area contributed by atoms with Crippen molar-refractivity contribution in [1.29, 1.82) is 0 Å². The third-order valence-corrected chi connectivity index (χ3v) is 4.24. The van der Waals surface area contributed by atoms with Crippen LogP contribution >= 0.6 is 19.4 Å². The third-order valence-electron chi connectivity index (χ3n) is 1.21. The molecule has 0 aromatic carbocycles. The summed E-state index contributed by atoms with van der Waals surface area (Å²) in [5.74, 6) is 0. The van der Waals surface area contributed by atoms with E-state index in [9.17, 15) is 4.57 Å². The van der Waals surface area contributed by atoms with Gasteiger partial charge < -0.3 is 9.42 Å². The maximum Gasteiger partial charge on any atom is 0.338 e. The fourth-order valence-electron chi connectivity index (χ4n) is 0.549. The van der Waals surface area contributed by atoms with Crippen LogP contribution in [0, 0.1) is 0 Å². The lowest BCUT2D eigenvalue weighted by Crippen LogP contribution is -2.04. The Balaban J connectivity index is 3.81. The highest BCUT2D eigenvalue weighted by Crippen LogP contribution is 2.46. The van der Waals surface area contributed by atoms with E-state index in [0.717, 1.165) is 6.42 Å². The zero-order valence-electron chi connectivity index (χ0n) is 7.11. The molecule has 1 N–H and O–H groups in total. The van der Waals surface area contributed by atoms with Gasteiger partial charge >= 0.3 is 7.60 Å². The molecule has 0 aliphatic rings. The molecule has 0 rings (SSSR count). The summed E-state index contributed by atoms with van der Waals surface area (Å²) in [5, 5.41) is 0. The molecule has 2 atom stereocenters. The molecule has 0 saturated carbocycles. The van der Waals surface area contributed by atoms with E-state index >= 15 is 0 Å². The molecule has 0 fully saturated rings. The lowest BCUT2D eigenvalue weighted by molar-refractivity contribution is 0.188. The highest BCUT2D eigenvalue weighted by atomic mass is 32.2. The van der Waals surface area contributed by atoms with Crippen LogP contribution in [-0.4, -0.2) is 22.7 Å². The van der Waals surface area contributed by atoms with E-state index in [2.05, 4.69) is 0 Å². The first-order valence-electron chi connectivity index (χ1n) is 3.51. The van der Waals surface area contributed by atoms with Gasteiger partial charge in [-0.3, -0.25) is 4.57 Å². The van der Waals surface area contributed by atoms with Crippen molar-refractivity contribution in [2.24, 2.45) is 0 Å². The Morgan fingerprint density at radius 2 is 2.27 bits per heavy atom. The third kappa shape index (κ3) is 5.74. The van der Waals surface area contributed by atoms with Gasteiger partial charge in [-0.05, 0) is 19.6 Å². The molecule has 3 nitrogen and oxygen atoms in total. The molecule has 0 heterocycles. The van der Waals surface area contributed by atoms with Gasteiger partial charge in [0.2, 0.25) is 0 Å². The Hall–Kier alpha value is 0.500. The van der Waals surface area contributed by atoms with Crippen LogP contribution in [0.25, 0.3) is 0 Å². The van der Waals surface area contributed by atoms with Gasteiger partial charge in [-0.15, -0.1) is 0 Å². The first-order chi connectivity index (χ1) is 5.02. The predicted molar refractivity (Wildman–Crippen MR) is 49.0 cm³/mol. The van der Waals surface area contributed by atoms with E-state index in [0.29, 0.717) is 0 Å². The zero-order valence-corrected chi connectivity index (χ0v) is 8.82. The number of rotatable bonds is 5. The summed E-state index contributed by atoms with van der Waals surface area (Å²) in [6, 6.07) is 0. The minimum absolute atomic E-state index is 0.127. The standard InChI is InChI=1S/C6H15O3PS/c1-4-6(2)9-10(7,8)5-11-3/h6H,4-5H2,1-3H3,(H,7,8). The second-order valence-electron chi connectivity index (χ2n) is 2.38. The Bertz CT molecular complexity index is 151. The maximum atomic E-state index is 11.1. The molecule has 0 amide bonds. The van der Waals surface area contributed by atoms with Gasteiger partial charge in [-0.2, -0.15) is 11.8 Å². The molecule has 2 unspecified atom stereocenters. The highest BCUT2D eigenvalue weighted by Gasteiger charge is 2.20. The van der Waals surface area contributed by atoms with Crippen LogP contribution in [0.5, 0.6) is 0 Å². The minimum Gasteiger partial charge on any atom is -0.324 e.